The van der Waals surface area contributed by atoms with Gasteiger partial charge in [0.25, 0.3) is 0 Å². The van der Waals surface area contributed by atoms with Gasteiger partial charge in [0.05, 0.1) is 6.42 Å². The lowest BCUT2D eigenvalue weighted by atomic mass is 9.66. The van der Waals surface area contributed by atoms with Crippen molar-refractivity contribution in [1.82, 2.24) is 10.2 Å². The summed E-state index contributed by atoms with van der Waals surface area (Å²) in [5.41, 5.74) is 4.99. The molecule has 0 atom stereocenters. The standard InChI is InChI=1S/C14H23N3O4/c15-12(20)10-2-6-17(7-3-10)13(21)16-9-14(4-1-5-14)8-11(18)19/h10H,1-9H2,(H2,15,20)(H,16,21)(H,18,19). The molecule has 0 radical (unpaired) electrons. The molecule has 1 saturated carbocycles. The third-order valence-corrected chi connectivity index (χ3v) is 4.74. The summed E-state index contributed by atoms with van der Waals surface area (Å²) in [7, 11) is 0. The molecule has 3 amide bonds. The molecule has 1 aliphatic carbocycles. The maximum Gasteiger partial charge on any atom is 0.317 e. The molecule has 4 N–H and O–H groups in total. The molecule has 0 aromatic carbocycles. The van der Waals surface area contributed by atoms with E-state index in [4.69, 9.17) is 10.8 Å². The molecule has 2 rings (SSSR count). The molecule has 21 heavy (non-hydrogen) atoms. The Hall–Kier alpha value is -1.79. The summed E-state index contributed by atoms with van der Waals surface area (Å²) < 4.78 is 0. The van der Waals surface area contributed by atoms with Gasteiger partial charge in [-0.15, -0.1) is 0 Å². The number of carbonyl (C=O) groups excluding carboxylic acids is 2. The molecule has 7 heteroatoms. The zero-order valence-electron chi connectivity index (χ0n) is 12.1. The van der Waals surface area contributed by atoms with Gasteiger partial charge < -0.3 is 21.1 Å². The minimum absolute atomic E-state index is 0.108. The maximum absolute atomic E-state index is 12.1. The summed E-state index contributed by atoms with van der Waals surface area (Å²) in [5.74, 6) is -1.25. The van der Waals surface area contributed by atoms with E-state index in [1.54, 1.807) is 4.90 Å². The van der Waals surface area contributed by atoms with E-state index in [2.05, 4.69) is 5.32 Å². The second-order valence-electron chi connectivity index (χ2n) is 6.25. The maximum atomic E-state index is 12.1. The van der Waals surface area contributed by atoms with Gasteiger partial charge >= 0.3 is 12.0 Å². The van der Waals surface area contributed by atoms with Gasteiger partial charge in [-0.1, -0.05) is 6.42 Å². The van der Waals surface area contributed by atoms with Crippen LogP contribution in [0.25, 0.3) is 0 Å². The third kappa shape index (κ3) is 3.86. The monoisotopic (exact) mass is 297 g/mol. The number of nitrogens with zero attached hydrogens (tertiary/aromatic N) is 1. The van der Waals surface area contributed by atoms with Gasteiger partial charge in [0.15, 0.2) is 0 Å². The number of nitrogens with two attached hydrogens (primary N) is 1. The van der Waals surface area contributed by atoms with E-state index in [0.29, 0.717) is 32.5 Å². The Morgan fingerprint density at radius 3 is 2.29 bits per heavy atom. The van der Waals surface area contributed by atoms with Gasteiger partial charge in [-0.2, -0.15) is 0 Å². The lowest BCUT2D eigenvalue weighted by Crippen LogP contribution is -2.50. The summed E-state index contributed by atoms with van der Waals surface area (Å²) in [4.78, 5) is 35.7. The number of urea groups is 1. The van der Waals surface area contributed by atoms with E-state index in [1.165, 1.54) is 0 Å². The average molecular weight is 297 g/mol. The molecule has 0 aromatic heterocycles. The van der Waals surface area contributed by atoms with Crippen molar-refractivity contribution in [2.45, 2.75) is 38.5 Å². The summed E-state index contributed by atoms with van der Waals surface area (Å²) in [6, 6.07) is -0.172. The fraction of sp³-hybridized carbons (Fsp3) is 0.786. The number of carbonyl (C=O) groups is 3. The first-order valence-electron chi connectivity index (χ1n) is 7.46. The quantitative estimate of drug-likeness (QED) is 0.687. The first kappa shape index (κ1) is 15.6. The van der Waals surface area contributed by atoms with Crippen molar-refractivity contribution in [2.75, 3.05) is 19.6 Å². The van der Waals surface area contributed by atoms with Crippen LogP contribution in [0.2, 0.25) is 0 Å². The highest BCUT2D eigenvalue weighted by Gasteiger charge is 2.39. The molecule has 0 aromatic rings. The Labute approximate surface area is 123 Å². The van der Waals surface area contributed by atoms with E-state index < -0.39 is 5.97 Å². The van der Waals surface area contributed by atoms with Crippen LogP contribution < -0.4 is 11.1 Å². The van der Waals surface area contributed by atoms with Crippen LogP contribution in [0.5, 0.6) is 0 Å². The van der Waals surface area contributed by atoms with Crippen LogP contribution in [0.3, 0.4) is 0 Å². The van der Waals surface area contributed by atoms with Crippen molar-refractivity contribution in [3.63, 3.8) is 0 Å². The van der Waals surface area contributed by atoms with Crippen molar-refractivity contribution < 1.29 is 19.5 Å². The third-order valence-electron chi connectivity index (χ3n) is 4.74. The summed E-state index contributed by atoms with van der Waals surface area (Å²) >= 11 is 0. The molecular formula is C14H23N3O4. The predicted octanol–water partition coefficient (Wildman–Crippen LogP) is 0.538. The number of hydrogen-bond acceptors (Lipinski definition) is 3. The molecule has 118 valence electrons. The Bertz CT molecular complexity index is 426. The number of carboxylic acids is 1. The number of primary amides is 1. The highest BCUT2D eigenvalue weighted by molar-refractivity contribution is 5.78. The topological polar surface area (TPSA) is 113 Å². The van der Waals surface area contributed by atoms with Crippen molar-refractivity contribution in [3.8, 4) is 0 Å². The number of amides is 3. The van der Waals surface area contributed by atoms with E-state index in [0.717, 1.165) is 19.3 Å². The molecular weight excluding hydrogens is 274 g/mol. The molecule has 1 saturated heterocycles. The summed E-state index contributed by atoms with van der Waals surface area (Å²) in [6.45, 7) is 1.45. The lowest BCUT2D eigenvalue weighted by molar-refractivity contribution is -0.141. The molecule has 0 spiro atoms. The van der Waals surface area contributed by atoms with Crippen LogP contribution in [-0.4, -0.2) is 47.5 Å². The number of rotatable bonds is 5. The zero-order chi connectivity index (χ0) is 15.5. The van der Waals surface area contributed by atoms with Gasteiger partial charge in [0, 0.05) is 25.6 Å². The summed E-state index contributed by atoms with van der Waals surface area (Å²) in [6.07, 6.45) is 4.03. The highest BCUT2D eigenvalue weighted by Crippen LogP contribution is 2.43. The number of piperidine rings is 1. The van der Waals surface area contributed by atoms with Crippen molar-refractivity contribution >= 4 is 17.9 Å². The van der Waals surface area contributed by atoms with E-state index in [-0.39, 0.29) is 29.7 Å². The lowest BCUT2D eigenvalue weighted by Gasteiger charge is -2.41. The van der Waals surface area contributed by atoms with Crippen LogP contribution >= 0.6 is 0 Å². The SMILES string of the molecule is NC(=O)C1CCN(C(=O)NCC2(CC(=O)O)CCC2)CC1. The van der Waals surface area contributed by atoms with Crippen molar-refractivity contribution in [1.29, 1.82) is 0 Å². The van der Waals surface area contributed by atoms with Crippen LogP contribution in [0, 0.1) is 11.3 Å². The van der Waals surface area contributed by atoms with Crippen LogP contribution in [0.4, 0.5) is 4.79 Å². The van der Waals surface area contributed by atoms with Crippen LogP contribution in [-0.2, 0) is 9.59 Å². The number of aliphatic carboxylic acids is 1. The Morgan fingerprint density at radius 1 is 1.24 bits per heavy atom. The van der Waals surface area contributed by atoms with Crippen LogP contribution in [0.1, 0.15) is 38.5 Å². The van der Waals surface area contributed by atoms with E-state index in [1.807, 2.05) is 0 Å². The molecule has 1 aliphatic heterocycles. The average Bonchev–Trinajstić information content (AvgIpc) is 2.41. The molecule has 7 nitrogen and oxygen atoms in total. The number of carboxylic acid groups (broad SMARTS) is 1. The predicted molar refractivity (Wildman–Crippen MR) is 75.4 cm³/mol. The van der Waals surface area contributed by atoms with Gasteiger partial charge in [0.1, 0.15) is 0 Å². The minimum atomic E-state index is -0.814. The second-order valence-corrected chi connectivity index (χ2v) is 6.25. The van der Waals surface area contributed by atoms with Crippen molar-refractivity contribution in [3.05, 3.63) is 0 Å². The zero-order valence-corrected chi connectivity index (χ0v) is 12.1. The summed E-state index contributed by atoms with van der Waals surface area (Å²) in [5, 5.41) is 11.8. The first-order valence-corrected chi connectivity index (χ1v) is 7.46. The number of nitrogens with one attached hydrogen (secondary N) is 1. The molecule has 2 aliphatic rings. The fourth-order valence-corrected chi connectivity index (χ4v) is 3.16. The van der Waals surface area contributed by atoms with E-state index in [9.17, 15) is 14.4 Å². The molecule has 0 unspecified atom stereocenters. The first-order chi connectivity index (χ1) is 9.92. The Morgan fingerprint density at radius 2 is 1.86 bits per heavy atom. The normalized spacial score (nSPS) is 21.4. The second kappa shape index (κ2) is 6.32. The fourth-order valence-electron chi connectivity index (χ4n) is 3.16. The van der Waals surface area contributed by atoms with Gasteiger partial charge in [-0.25, -0.2) is 4.79 Å². The van der Waals surface area contributed by atoms with Crippen molar-refractivity contribution in [2.24, 2.45) is 17.1 Å². The Kier molecular flexibility index (Phi) is 4.69. The van der Waals surface area contributed by atoms with Crippen LogP contribution in [0.15, 0.2) is 0 Å². The smallest absolute Gasteiger partial charge is 0.317 e. The highest BCUT2D eigenvalue weighted by atomic mass is 16.4. The largest absolute Gasteiger partial charge is 0.481 e. The molecule has 1 heterocycles. The Balaban J connectivity index is 1.77. The van der Waals surface area contributed by atoms with Gasteiger partial charge in [0.2, 0.25) is 5.91 Å². The number of likely N-dealkylation sites (tertiary alicyclic amines) is 1. The molecule has 2 fully saturated rings. The van der Waals surface area contributed by atoms with Gasteiger partial charge in [-0.3, -0.25) is 9.59 Å². The van der Waals surface area contributed by atoms with Gasteiger partial charge in [-0.05, 0) is 31.1 Å². The number of hydrogen-bond donors (Lipinski definition) is 3. The minimum Gasteiger partial charge on any atom is -0.481 e. The molecule has 0 bridgehead atoms. The van der Waals surface area contributed by atoms with E-state index >= 15 is 0 Å².